The molecule has 1 aliphatic heterocycles. The zero-order valence-electron chi connectivity index (χ0n) is 10.8. The lowest BCUT2D eigenvalue weighted by Crippen LogP contribution is -2.49. The molecule has 100 valence electrons. The smallest absolute Gasteiger partial charge is 0.334 e. The van der Waals surface area contributed by atoms with Gasteiger partial charge in [0.15, 0.2) is 0 Å². The summed E-state index contributed by atoms with van der Waals surface area (Å²) in [6, 6.07) is 0. The molecular formula is C11H18N4O3. The van der Waals surface area contributed by atoms with Crippen LogP contribution in [0.5, 0.6) is 0 Å². The van der Waals surface area contributed by atoms with Gasteiger partial charge in [0.25, 0.3) is 0 Å². The van der Waals surface area contributed by atoms with Crippen molar-refractivity contribution in [3.05, 3.63) is 15.8 Å². The summed E-state index contributed by atoms with van der Waals surface area (Å²) in [7, 11) is 1.72. The van der Waals surface area contributed by atoms with Crippen molar-refractivity contribution in [3.63, 3.8) is 0 Å². The van der Waals surface area contributed by atoms with E-state index in [-0.39, 0.29) is 29.1 Å². The molecule has 1 fully saturated rings. The third kappa shape index (κ3) is 1.94. The number of anilines is 1. The molecular weight excluding hydrogens is 236 g/mol. The Morgan fingerprint density at radius 3 is 2.61 bits per heavy atom. The molecule has 1 N–H and O–H groups in total. The van der Waals surface area contributed by atoms with Gasteiger partial charge in [-0.1, -0.05) is 13.8 Å². The molecule has 0 aliphatic carbocycles. The maximum Gasteiger partial charge on any atom is 0.334 e. The largest absolute Gasteiger partial charge is 0.396 e. The van der Waals surface area contributed by atoms with E-state index in [9.17, 15) is 10.1 Å². The van der Waals surface area contributed by atoms with E-state index in [0.29, 0.717) is 24.6 Å². The lowest BCUT2D eigenvalue weighted by Gasteiger charge is -2.38. The van der Waals surface area contributed by atoms with Crippen molar-refractivity contribution in [3.8, 4) is 0 Å². The van der Waals surface area contributed by atoms with E-state index in [0.717, 1.165) is 0 Å². The van der Waals surface area contributed by atoms with E-state index < -0.39 is 0 Å². The summed E-state index contributed by atoms with van der Waals surface area (Å²) in [6.07, 6.45) is 0. The number of hydrogen-bond acceptors (Lipinski definition) is 5. The molecule has 7 nitrogen and oxygen atoms in total. The first-order valence-corrected chi connectivity index (χ1v) is 6.02. The zero-order valence-corrected chi connectivity index (χ0v) is 10.8. The van der Waals surface area contributed by atoms with Crippen LogP contribution in [-0.4, -0.2) is 39.5 Å². The lowest BCUT2D eigenvalue weighted by atomic mass is 10.0. The minimum absolute atomic E-state index is 0.0141. The van der Waals surface area contributed by atoms with E-state index >= 15 is 0 Å². The Bertz CT molecular complexity index is 463. The minimum atomic E-state index is -0.357. The van der Waals surface area contributed by atoms with E-state index in [1.807, 2.05) is 18.7 Å². The Morgan fingerprint density at radius 2 is 2.17 bits per heavy atom. The van der Waals surface area contributed by atoms with Gasteiger partial charge in [-0.15, -0.1) is 0 Å². The topological polar surface area (TPSA) is 84.4 Å². The Labute approximate surface area is 105 Å². The van der Waals surface area contributed by atoms with E-state index in [4.69, 9.17) is 5.11 Å². The van der Waals surface area contributed by atoms with Crippen molar-refractivity contribution in [2.24, 2.45) is 13.0 Å². The summed E-state index contributed by atoms with van der Waals surface area (Å²) < 4.78 is 1.57. The van der Waals surface area contributed by atoms with Gasteiger partial charge in [-0.05, 0) is 0 Å². The number of aliphatic hydroxyl groups excluding tert-OH is 1. The highest BCUT2D eigenvalue weighted by atomic mass is 16.6. The van der Waals surface area contributed by atoms with Crippen LogP contribution in [-0.2, 0) is 7.05 Å². The van der Waals surface area contributed by atoms with Crippen LogP contribution in [0.4, 0.5) is 11.5 Å². The molecule has 18 heavy (non-hydrogen) atoms. The molecule has 0 atom stereocenters. The molecule has 0 amide bonds. The van der Waals surface area contributed by atoms with Crippen LogP contribution in [0, 0.1) is 16.0 Å². The lowest BCUT2D eigenvalue weighted by molar-refractivity contribution is -0.385. The molecule has 1 saturated heterocycles. The molecule has 2 heterocycles. The van der Waals surface area contributed by atoms with Crippen molar-refractivity contribution in [2.45, 2.75) is 19.8 Å². The first kappa shape index (κ1) is 12.8. The summed E-state index contributed by atoms with van der Waals surface area (Å²) in [4.78, 5) is 12.8. The highest BCUT2D eigenvalue weighted by Crippen LogP contribution is 2.38. The van der Waals surface area contributed by atoms with Crippen LogP contribution in [0.15, 0.2) is 0 Å². The maximum atomic E-state index is 11.2. The van der Waals surface area contributed by atoms with E-state index in [2.05, 4.69) is 5.10 Å². The van der Waals surface area contributed by atoms with Crippen LogP contribution < -0.4 is 4.90 Å². The molecule has 0 unspecified atom stereocenters. The van der Waals surface area contributed by atoms with Crippen molar-refractivity contribution in [1.29, 1.82) is 0 Å². The zero-order chi connectivity index (χ0) is 13.4. The second-order valence-corrected chi connectivity index (χ2v) is 5.05. The van der Waals surface area contributed by atoms with Crippen LogP contribution in [0.3, 0.4) is 0 Å². The Morgan fingerprint density at radius 1 is 1.56 bits per heavy atom. The second-order valence-electron chi connectivity index (χ2n) is 5.05. The number of rotatable bonds is 4. The summed E-state index contributed by atoms with van der Waals surface area (Å²) >= 11 is 0. The van der Waals surface area contributed by atoms with Gasteiger partial charge in [-0.25, -0.2) is 4.68 Å². The Balaban J connectivity index is 2.38. The van der Waals surface area contributed by atoms with Gasteiger partial charge in [0, 0.05) is 38.6 Å². The van der Waals surface area contributed by atoms with E-state index in [1.54, 1.807) is 11.7 Å². The predicted molar refractivity (Wildman–Crippen MR) is 66.7 cm³/mol. The van der Waals surface area contributed by atoms with Crippen molar-refractivity contribution in [1.82, 2.24) is 9.78 Å². The van der Waals surface area contributed by atoms with Gasteiger partial charge in [0.2, 0.25) is 5.82 Å². The van der Waals surface area contributed by atoms with Gasteiger partial charge >= 0.3 is 5.69 Å². The summed E-state index contributed by atoms with van der Waals surface area (Å²) in [5, 5.41) is 24.5. The quantitative estimate of drug-likeness (QED) is 0.637. The minimum Gasteiger partial charge on any atom is -0.396 e. The molecule has 0 radical (unpaired) electrons. The maximum absolute atomic E-state index is 11.2. The summed E-state index contributed by atoms with van der Waals surface area (Å²) in [6.45, 7) is 5.21. The third-order valence-corrected chi connectivity index (χ3v) is 3.26. The number of nitro groups is 1. The monoisotopic (exact) mass is 254 g/mol. The van der Waals surface area contributed by atoms with E-state index in [1.165, 1.54) is 0 Å². The summed E-state index contributed by atoms with van der Waals surface area (Å²) in [5.41, 5.74) is 0.619. The normalized spacial score (nSPS) is 16.2. The molecule has 0 aromatic carbocycles. The summed E-state index contributed by atoms with van der Waals surface area (Å²) in [5.74, 6) is 0.774. The van der Waals surface area contributed by atoms with Crippen molar-refractivity contribution >= 4 is 11.5 Å². The van der Waals surface area contributed by atoms with Crippen LogP contribution in [0.1, 0.15) is 25.5 Å². The van der Waals surface area contributed by atoms with Gasteiger partial charge in [-0.2, -0.15) is 5.10 Å². The van der Waals surface area contributed by atoms with Crippen molar-refractivity contribution in [2.75, 3.05) is 24.6 Å². The second kappa shape index (κ2) is 4.56. The third-order valence-electron chi connectivity index (χ3n) is 3.26. The number of aliphatic hydroxyl groups is 1. The van der Waals surface area contributed by atoms with Crippen LogP contribution in [0.25, 0.3) is 0 Å². The predicted octanol–water partition coefficient (Wildman–Crippen LogP) is 0.880. The average molecular weight is 254 g/mol. The fourth-order valence-electron chi connectivity index (χ4n) is 2.30. The fourth-order valence-corrected chi connectivity index (χ4v) is 2.30. The van der Waals surface area contributed by atoms with Crippen molar-refractivity contribution < 1.29 is 10.0 Å². The Hall–Kier alpha value is -1.63. The molecule has 0 saturated carbocycles. The number of aromatic nitrogens is 2. The van der Waals surface area contributed by atoms with Crippen LogP contribution >= 0.6 is 0 Å². The molecule has 1 aromatic rings. The molecule has 2 rings (SSSR count). The SMILES string of the molecule is CC(C)c1nn(C)c(N2CC(CO)C2)c1[N+](=O)[O-]. The molecule has 0 bridgehead atoms. The van der Waals surface area contributed by atoms with Gasteiger partial charge in [-0.3, -0.25) is 10.1 Å². The molecule has 1 aliphatic rings. The molecule has 7 heteroatoms. The fraction of sp³-hybridized carbons (Fsp3) is 0.727. The standard InChI is InChI=1S/C11H18N4O3/c1-7(2)9-10(15(17)18)11(13(3)12-9)14-4-8(5-14)6-16/h7-8,16H,4-6H2,1-3H3. The highest BCUT2D eigenvalue weighted by Gasteiger charge is 2.37. The average Bonchev–Trinajstić information content (AvgIpc) is 2.55. The van der Waals surface area contributed by atoms with Crippen LogP contribution in [0.2, 0.25) is 0 Å². The van der Waals surface area contributed by atoms with Gasteiger partial charge in [0.1, 0.15) is 5.69 Å². The highest BCUT2D eigenvalue weighted by molar-refractivity contribution is 5.63. The number of aryl methyl sites for hydroxylation is 1. The number of nitrogens with zero attached hydrogens (tertiary/aromatic N) is 4. The van der Waals surface area contributed by atoms with Gasteiger partial charge < -0.3 is 10.0 Å². The Kier molecular flexibility index (Phi) is 3.25. The first-order valence-electron chi connectivity index (χ1n) is 6.02. The molecule has 0 spiro atoms. The first-order chi connectivity index (χ1) is 8.45. The molecule has 1 aromatic heterocycles. The van der Waals surface area contributed by atoms with Gasteiger partial charge in [0.05, 0.1) is 4.92 Å². The number of hydrogen-bond donors (Lipinski definition) is 1.